The number of hydrogen-bond acceptors (Lipinski definition) is 7. The highest BCUT2D eigenvalue weighted by molar-refractivity contribution is 7.26. The lowest BCUT2D eigenvalue weighted by Gasteiger charge is -2.22. The first-order chi connectivity index (χ1) is 59.9. The molecule has 0 amide bonds. The summed E-state index contributed by atoms with van der Waals surface area (Å²) in [5.74, 6) is 2.45. The molecule has 23 rings (SSSR count). The predicted octanol–water partition coefficient (Wildman–Crippen LogP) is 30.9. The van der Waals surface area contributed by atoms with Gasteiger partial charge in [-0.3, -0.25) is 0 Å². The summed E-state index contributed by atoms with van der Waals surface area (Å²) in [6.45, 7) is 9.31. The molecule has 0 fully saturated rings. The zero-order valence-electron chi connectivity index (χ0n) is 67.6. The molecule has 2 aliphatic carbocycles. The van der Waals surface area contributed by atoms with E-state index < -0.39 is 0 Å². The lowest BCUT2D eigenvalue weighted by molar-refractivity contribution is 0.660. The van der Waals surface area contributed by atoms with Crippen LogP contribution in [-0.4, -0.2) is 24.9 Å². The highest BCUT2D eigenvalue weighted by Gasteiger charge is 2.37. The van der Waals surface area contributed by atoms with Crippen LogP contribution in [0, 0.1) is 0 Å². The third-order valence-electron chi connectivity index (χ3n) is 25.5. The fourth-order valence-corrected chi connectivity index (χ4v) is 20.1. The molecule has 7 heteroatoms. The molecule has 21 aromatic rings. The van der Waals surface area contributed by atoms with Gasteiger partial charge < -0.3 is 4.42 Å². The lowest BCUT2D eigenvalue weighted by Crippen LogP contribution is -2.14. The largest absolute Gasteiger partial charge is 0.456 e. The molecular weight excluding hydrogens is 1500 g/mol. The number of thiophene rings is 1. The van der Waals surface area contributed by atoms with E-state index in [-0.39, 0.29) is 10.8 Å². The first-order valence-electron chi connectivity index (χ1n) is 41.8. The third-order valence-corrected chi connectivity index (χ3v) is 26.6. The molecule has 0 atom stereocenters. The van der Waals surface area contributed by atoms with Crippen LogP contribution in [0.5, 0.6) is 0 Å². The number of furan rings is 1. The van der Waals surface area contributed by atoms with Crippen LogP contribution in [0.15, 0.2) is 399 Å². The molecule has 0 saturated heterocycles. The second kappa shape index (κ2) is 28.8. The highest BCUT2D eigenvalue weighted by Crippen LogP contribution is 2.53. The van der Waals surface area contributed by atoms with Crippen molar-refractivity contribution < 1.29 is 4.42 Å². The number of nitrogens with zero attached hydrogens (tertiary/aromatic N) is 5. The first-order valence-corrected chi connectivity index (χ1v) is 42.6. The molecule has 0 N–H and O–H groups in total. The standard InChI is InChI=1S/C115H77N5OS/c1-114(2)99-32-14-12-28-93(99)95-65-84(56-60-100(95)114)76-45-53-81(54-46-76)112-118-111(119-113(120-112)89-26-16-25-87(64-89)91-29-17-33-105-108(91)96-66-85(57-61-104(96)121-105)74-37-35-71(36-38-74)70-19-7-5-8-20-70)80-51-43-73(44-52-80)83-24-15-23-82(63-83)72-39-41-75(42-40-72)86-58-62-106-97(67-86)109-90(30-18-34-107(109)122-106)77-47-49-78(50-48-77)102-69-103(117-110(116-102)79-21-9-6-10-22-79)88-55-59-94-92-27-11-13-31-98(92)115(3,4)101(94)68-88/h5-69H,1-4H3. The number of benzene rings is 17. The van der Waals surface area contributed by atoms with Crippen molar-refractivity contribution in [1.29, 1.82) is 0 Å². The molecule has 4 aromatic heterocycles. The maximum absolute atomic E-state index is 6.62. The Morgan fingerprint density at radius 3 is 1.20 bits per heavy atom. The molecule has 0 saturated carbocycles. The van der Waals surface area contributed by atoms with Crippen LogP contribution in [0.4, 0.5) is 0 Å². The van der Waals surface area contributed by atoms with Crippen LogP contribution < -0.4 is 0 Å². The Bertz CT molecular complexity index is 7760. The summed E-state index contributed by atoms with van der Waals surface area (Å²) in [4.78, 5) is 26.5. The van der Waals surface area contributed by atoms with Crippen molar-refractivity contribution in [2.24, 2.45) is 0 Å². The van der Waals surface area contributed by atoms with Gasteiger partial charge in [-0.2, -0.15) is 0 Å². The van der Waals surface area contributed by atoms with Gasteiger partial charge in [0.25, 0.3) is 0 Å². The van der Waals surface area contributed by atoms with E-state index in [1.807, 2.05) is 17.4 Å². The second-order valence-corrected chi connectivity index (χ2v) is 34.5. The summed E-state index contributed by atoms with van der Waals surface area (Å²) >= 11 is 1.85. The van der Waals surface area contributed by atoms with Gasteiger partial charge in [-0.25, -0.2) is 24.9 Å². The van der Waals surface area contributed by atoms with Crippen LogP contribution in [-0.2, 0) is 10.8 Å². The van der Waals surface area contributed by atoms with Crippen molar-refractivity contribution in [2.45, 2.75) is 38.5 Å². The SMILES string of the molecule is CC1(C)c2ccccc2-c2cc(-c3ccc(-c4nc(-c5ccc(-c6cccc(-c7ccc(-c8ccc9sc%10cccc(-c%11ccc(-c%12cc(-c%13ccc%14c(c%13)C(C)(C)c%13ccccc%13-%14)nc(-c%13ccccc%13)n%12)cc%11)c%10c9c8)cc7)c6)cc5)nc(-c5cccc(-c6cccc7oc8ccc(-c9ccc(-c%10ccccc%10)cc9)cc8c67)c5)n4)cc3)ccc21. The van der Waals surface area contributed by atoms with Gasteiger partial charge in [0.2, 0.25) is 0 Å². The Morgan fingerprint density at radius 1 is 0.197 bits per heavy atom. The van der Waals surface area contributed by atoms with E-state index in [0.717, 1.165) is 133 Å². The smallest absolute Gasteiger partial charge is 0.164 e. The van der Waals surface area contributed by atoms with Crippen molar-refractivity contribution in [3.8, 4) is 179 Å². The van der Waals surface area contributed by atoms with Gasteiger partial charge in [0.1, 0.15) is 11.2 Å². The van der Waals surface area contributed by atoms with Gasteiger partial charge in [-0.15, -0.1) is 11.3 Å². The van der Waals surface area contributed by atoms with E-state index in [1.165, 1.54) is 86.9 Å². The third kappa shape index (κ3) is 12.5. The monoisotopic (exact) mass is 1580 g/mol. The summed E-state index contributed by atoms with van der Waals surface area (Å²) in [5.41, 5.74) is 37.8. The number of aromatic nitrogens is 5. The molecular formula is C115H77N5OS. The van der Waals surface area contributed by atoms with Crippen molar-refractivity contribution in [1.82, 2.24) is 24.9 Å². The van der Waals surface area contributed by atoms with Crippen molar-refractivity contribution in [3.05, 3.63) is 417 Å². The molecule has 2 aliphatic rings. The Kier molecular flexibility index (Phi) is 17.0. The van der Waals surface area contributed by atoms with Crippen molar-refractivity contribution >= 4 is 53.4 Å². The minimum absolute atomic E-state index is 0.0709. The number of fused-ring (bicyclic) bond motifs is 12. The Balaban J connectivity index is 0.536. The number of hydrogen-bond donors (Lipinski definition) is 0. The van der Waals surface area contributed by atoms with Crippen LogP contribution in [0.3, 0.4) is 0 Å². The molecule has 0 bridgehead atoms. The van der Waals surface area contributed by atoms with Crippen LogP contribution in [0.2, 0.25) is 0 Å². The zero-order chi connectivity index (χ0) is 81.3. The molecule has 0 spiro atoms. The average Bonchev–Trinajstić information content (AvgIpc) is 1.54. The molecule has 0 aliphatic heterocycles. The van der Waals surface area contributed by atoms with Gasteiger partial charge in [-0.1, -0.05) is 355 Å². The minimum Gasteiger partial charge on any atom is -0.456 e. The Labute approximate surface area is 712 Å². The van der Waals surface area contributed by atoms with Gasteiger partial charge in [0, 0.05) is 75.2 Å². The summed E-state index contributed by atoms with van der Waals surface area (Å²) in [6.07, 6.45) is 0. The van der Waals surface area contributed by atoms with Crippen molar-refractivity contribution in [3.63, 3.8) is 0 Å². The summed E-state index contributed by atoms with van der Waals surface area (Å²) in [7, 11) is 0. The molecule has 6 nitrogen and oxygen atoms in total. The minimum atomic E-state index is -0.132. The van der Waals surface area contributed by atoms with Gasteiger partial charge >= 0.3 is 0 Å². The Morgan fingerprint density at radius 2 is 0.574 bits per heavy atom. The summed E-state index contributed by atoms with van der Waals surface area (Å²) in [6, 6.07) is 142. The zero-order valence-corrected chi connectivity index (χ0v) is 68.4. The van der Waals surface area contributed by atoms with Crippen LogP contribution in [0.1, 0.15) is 49.9 Å². The fourth-order valence-electron chi connectivity index (χ4n) is 19.0. The summed E-state index contributed by atoms with van der Waals surface area (Å²) < 4.78 is 9.13. The second-order valence-electron chi connectivity index (χ2n) is 33.4. The molecule has 17 aromatic carbocycles. The molecule has 574 valence electrons. The number of rotatable bonds is 14. The first kappa shape index (κ1) is 72.1. The Hall–Kier alpha value is -15.2. The fraction of sp³-hybridized carbons (Fsp3) is 0.0522. The van der Waals surface area contributed by atoms with Crippen molar-refractivity contribution in [2.75, 3.05) is 0 Å². The molecule has 122 heavy (non-hydrogen) atoms. The molecule has 0 unspecified atom stereocenters. The summed E-state index contributed by atoms with van der Waals surface area (Å²) in [5, 5.41) is 4.63. The van der Waals surface area contributed by atoms with Gasteiger partial charge in [0.05, 0.1) is 11.4 Å². The average molecular weight is 1580 g/mol. The van der Waals surface area contributed by atoms with Gasteiger partial charge in [-0.05, 0) is 200 Å². The van der Waals surface area contributed by atoms with E-state index in [2.05, 4.69) is 416 Å². The molecule has 0 radical (unpaired) electrons. The lowest BCUT2D eigenvalue weighted by atomic mass is 9.82. The van der Waals surface area contributed by atoms with Crippen LogP contribution in [0.25, 0.3) is 221 Å². The normalized spacial score (nSPS) is 12.9. The van der Waals surface area contributed by atoms with E-state index in [9.17, 15) is 0 Å². The van der Waals surface area contributed by atoms with Gasteiger partial charge in [0.15, 0.2) is 23.3 Å². The highest BCUT2D eigenvalue weighted by atomic mass is 32.1. The quantitative estimate of drug-likeness (QED) is 0.108. The predicted molar refractivity (Wildman–Crippen MR) is 507 cm³/mol. The van der Waals surface area contributed by atoms with E-state index >= 15 is 0 Å². The molecule has 4 heterocycles. The maximum atomic E-state index is 6.62. The topological polar surface area (TPSA) is 77.6 Å². The maximum Gasteiger partial charge on any atom is 0.164 e. The van der Waals surface area contributed by atoms with E-state index in [1.54, 1.807) is 0 Å². The van der Waals surface area contributed by atoms with Crippen LogP contribution >= 0.6 is 11.3 Å². The van der Waals surface area contributed by atoms with E-state index in [4.69, 9.17) is 29.3 Å². The van der Waals surface area contributed by atoms with E-state index in [0.29, 0.717) is 23.3 Å².